The molecule has 4 nitrogen and oxygen atoms in total. The molecule has 0 radical (unpaired) electrons. The summed E-state index contributed by atoms with van der Waals surface area (Å²) in [6.45, 7) is 3.71. The maximum atomic E-state index is 5.90. The lowest BCUT2D eigenvalue weighted by atomic mass is 10.1. The van der Waals surface area contributed by atoms with Crippen LogP contribution in [0.3, 0.4) is 0 Å². The maximum Gasteiger partial charge on any atom is 0.184 e. The Bertz CT molecular complexity index is 633. The van der Waals surface area contributed by atoms with Gasteiger partial charge >= 0.3 is 0 Å². The Balaban J connectivity index is 1.51. The second-order valence-corrected chi connectivity index (χ2v) is 5.63. The minimum Gasteiger partial charge on any atom is -0.497 e. The van der Waals surface area contributed by atoms with Crippen molar-refractivity contribution in [3.8, 4) is 5.75 Å². The summed E-state index contributed by atoms with van der Waals surface area (Å²) in [5.74, 6) is 0.799. The highest BCUT2D eigenvalue weighted by Crippen LogP contribution is 2.26. The van der Waals surface area contributed by atoms with E-state index in [1.54, 1.807) is 7.11 Å². The molecule has 0 spiro atoms. The normalized spacial score (nSPS) is 21.1. The van der Waals surface area contributed by atoms with Crippen molar-refractivity contribution in [3.05, 3.63) is 65.2 Å². The molecule has 4 heteroatoms. The summed E-state index contributed by atoms with van der Waals surface area (Å²) < 4.78 is 22.7. The Morgan fingerprint density at radius 2 is 1.83 bits per heavy atom. The zero-order valence-corrected chi connectivity index (χ0v) is 13.5. The van der Waals surface area contributed by atoms with Crippen LogP contribution < -0.4 is 4.74 Å². The van der Waals surface area contributed by atoms with Crippen LogP contribution in [0.15, 0.2) is 48.5 Å². The smallest absolute Gasteiger partial charge is 0.184 e. The first-order valence-electron chi connectivity index (χ1n) is 7.79. The molecule has 1 aliphatic heterocycles. The zero-order chi connectivity index (χ0) is 16.1. The number of ether oxygens (including phenoxy) is 4. The zero-order valence-electron chi connectivity index (χ0n) is 13.5. The van der Waals surface area contributed by atoms with Crippen molar-refractivity contribution in [2.24, 2.45) is 0 Å². The predicted molar refractivity (Wildman–Crippen MR) is 87.4 cm³/mol. The molecule has 1 saturated heterocycles. The third kappa shape index (κ3) is 4.10. The molecule has 0 unspecified atom stereocenters. The SMILES string of the molecule is COc1cccc(C2OCC(OCc3ccccc3C)CO2)c1. The molecule has 122 valence electrons. The number of aryl methyl sites for hydroxylation is 1. The van der Waals surface area contributed by atoms with Crippen LogP contribution in [0.1, 0.15) is 23.0 Å². The molecule has 0 aliphatic carbocycles. The third-order valence-electron chi connectivity index (χ3n) is 3.97. The van der Waals surface area contributed by atoms with Gasteiger partial charge < -0.3 is 18.9 Å². The summed E-state index contributed by atoms with van der Waals surface area (Å²) in [6.07, 6.45) is -0.403. The van der Waals surface area contributed by atoms with E-state index < -0.39 is 0 Å². The van der Waals surface area contributed by atoms with Crippen LogP contribution in [0.2, 0.25) is 0 Å². The number of methoxy groups -OCH3 is 1. The average molecular weight is 314 g/mol. The van der Waals surface area contributed by atoms with Crippen molar-refractivity contribution in [1.82, 2.24) is 0 Å². The van der Waals surface area contributed by atoms with Crippen LogP contribution in [0.5, 0.6) is 5.75 Å². The number of rotatable bonds is 5. The van der Waals surface area contributed by atoms with Crippen LogP contribution in [-0.4, -0.2) is 26.4 Å². The average Bonchev–Trinajstić information content (AvgIpc) is 2.61. The summed E-state index contributed by atoms with van der Waals surface area (Å²) in [4.78, 5) is 0. The van der Waals surface area contributed by atoms with E-state index in [4.69, 9.17) is 18.9 Å². The Morgan fingerprint density at radius 3 is 2.57 bits per heavy atom. The second-order valence-electron chi connectivity index (χ2n) is 5.63. The Hall–Kier alpha value is -1.88. The second kappa shape index (κ2) is 7.59. The van der Waals surface area contributed by atoms with Crippen molar-refractivity contribution in [3.63, 3.8) is 0 Å². The Kier molecular flexibility index (Phi) is 5.28. The molecule has 1 heterocycles. The summed E-state index contributed by atoms with van der Waals surface area (Å²) >= 11 is 0. The molecule has 2 aromatic carbocycles. The van der Waals surface area contributed by atoms with Gasteiger partial charge in [0.25, 0.3) is 0 Å². The van der Waals surface area contributed by atoms with Gasteiger partial charge in [-0.15, -0.1) is 0 Å². The third-order valence-corrected chi connectivity index (χ3v) is 3.97. The van der Waals surface area contributed by atoms with E-state index in [1.165, 1.54) is 11.1 Å². The van der Waals surface area contributed by atoms with Gasteiger partial charge in [0.15, 0.2) is 6.29 Å². The Labute approximate surface area is 136 Å². The largest absolute Gasteiger partial charge is 0.497 e. The topological polar surface area (TPSA) is 36.9 Å². The quantitative estimate of drug-likeness (QED) is 0.844. The molecule has 0 aromatic heterocycles. The number of hydrogen-bond acceptors (Lipinski definition) is 4. The molecule has 0 bridgehead atoms. The summed E-state index contributed by atoms with van der Waals surface area (Å²) in [7, 11) is 1.65. The van der Waals surface area contributed by atoms with Crippen LogP contribution in [0, 0.1) is 6.92 Å². The maximum absolute atomic E-state index is 5.90. The summed E-state index contributed by atoms with van der Waals surface area (Å²) in [6, 6.07) is 16.0. The molecule has 0 saturated carbocycles. The van der Waals surface area contributed by atoms with Gasteiger partial charge in [-0.3, -0.25) is 0 Å². The monoisotopic (exact) mass is 314 g/mol. The van der Waals surface area contributed by atoms with E-state index in [0.717, 1.165) is 11.3 Å². The lowest BCUT2D eigenvalue weighted by Gasteiger charge is -2.29. The molecular weight excluding hydrogens is 292 g/mol. The fourth-order valence-corrected chi connectivity index (χ4v) is 2.54. The lowest BCUT2D eigenvalue weighted by molar-refractivity contribution is -0.232. The highest BCUT2D eigenvalue weighted by molar-refractivity contribution is 5.29. The molecule has 1 fully saturated rings. The van der Waals surface area contributed by atoms with Crippen LogP contribution in [-0.2, 0) is 20.8 Å². The molecule has 1 aliphatic rings. The highest BCUT2D eigenvalue weighted by atomic mass is 16.7. The van der Waals surface area contributed by atoms with Crippen molar-refractivity contribution in [2.45, 2.75) is 25.9 Å². The molecule has 2 aromatic rings. The minimum atomic E-state index is -0.358. The van der Waals surface area contributed by atoms with Crippen LogP contribution in [0.4, 0.5) is 0 Å². The van der Waals surface area contributed by atoms with Gasteiger partial charge in [-0.05, 0) is 30.2 Å². The van der Waals surface area contributed by atoms with Gasteiger partial charge in [-0.2, -0.15) is 0 Å². The van der Waals surface area contributed by atoms with E-state index in [-0.39, 0.29) is 12.4 Å². The van der Waals surface area contributed by atoms with Crippen molar-refractivity contribution in [1.29, 1.82) is 0 Å². The van der Waals surface area contributed by atoms with E-state index in [1.807, 2.05) is 36.4 Å². The molecule has 3 rings (SSSR count). The van der Waals surface area contributed by atoms with E-state index >= 15 is 0 Å². The standard InChI is InChI=1S/C19H22O4/c1-14-6-3-4-7-16(14)11-21-18-12-22-19(23-13-18)15-8-5-9-17(10-15)20-2/h3-10,18-19H,11-13H2,1-2H3. The Morgan fingerprint density at radius 1 is 1.04 bits per heavy atom. The molecular formula is C19H22O4. The minimum absolute atomic E-state index is 0.0449. The molecule has 23 heavy (non-hydrogen) atoms. The predicted octanol–water partition coefficient (Wildman–Crippen LogP) is 3.63. The first kappa shape index (κ1) is 16.0. The molecule has 0 amide bonds. The van der Waals surface area contributed by atoms with Gasteiger partial charge in [0.2, 0.25) is 0 Å². The van der Waals surface area contributed by atoms with Crippen LogP contribution >= 0.6 is 0 Å². The van der Waals surface area contributed by atoms with Crippen molar-refractivity contribution >= 4 is 0 Å². The number of benzene rings is 2. The highest BCUT2D eigenvalue weighted by Gasteiger charge is 2.24. The van der Waals surface area contributed by atoms with Crippen LogP contribution in [0.25, 0.3) is 0 Å². The van der Waals surface area contributed by atoms with Crippen molar-refractivity contribution < 1.29 is 18.9 Å². The van der Waals surface area contributed by atoms with E-state index in [2.05, 4.69) is 19.1 Å². The lowest BCUT2D eigenvalue weighted by Crippen LogP contribution is -2.33. The fourth-order valence-electron chi connectivity index (χ4n) is 2.54. The van der Waals surface area contributed by atoms with Gasteiger partial charge in [-0.1, -0.05) is 36.4 Å². The van der Waals surface area contributed by atoms with Gasteiger partial charge in [0.05, 0.1) is 26.9 Å². The van der Waals surface area contributed by atoms with E-state index in [9.17, 15) is 0 Å². The summed E-state index contributed by atoms with van der Waals surface area (Å²) in [5, 5.41) is 0. The number of hydrogen-bond donors (Lipinski definition) is 0. The first-order chi connectivity index (χ1) is 11.3. The molecule has 0 atom stereocenters. The molecule has 0 N–H and O–H groups in total. The van der Waals surface area contributed by atoms with Gasteiger partial charge in [0, 0.05) is 5.56 Å². The fraction of sp³-hybridized carbons (Fsp3) is 0.368. The summed E-state index contributed by atoms with van der Waals surface area (Å²) in [5.41, 5.74) is 3.39. The van der Waals surface area contributed by atoms with Crippen molar-refractivity contribution in [2.75, 3.05) is 20.3 Å². The van der Waals surface area contributed by atoms with Gasteiger partial charge in [0.1, 0.15) is 11.9 Å². The van der Waals surface area contributed by atoms with Gasteiger partial charge in [-0.25, -0.2) is 0 Å². The first-order valence-corrected chi connectivity index (χ1v) is 7.79. The van der Waals surface area contributed by atoms with E-state index in [0.29, 0.717) is 19.8 Å².